The van der Waals surface area contributed by atoms with Crippen LogP contribution in [0.25, 0.3) is 0 Å². The molecule has 1 aromatic heterocycles. The van der Waals surface area contributed by atoms with Gasteiger partial charge in [0.1, 0.15) is 11.7 Å². The molecule has 6 heteroatoms. The van der Waals surface area contributed by atoms with E-state index >= 15 is 0 Å². The van der Waals surface area contributed by atoms with Crippen LogP contribution in [0, 0.1) is 0 Å². The predicted molar refractivity (Wildman–Crippen MR) is 60.2 cm³/mol. The highest BCUT2D eigenvalue weighted by Gasteiger charge is 2.34. The third-order valence-corrected chi connectivity index (χ3v) is 3.13. The van der Waals surface area contributed by atoms with Crippen LogP contribution in [-0.2, 0) is 4.79 Å². The first-order chi connectivity index (χ1) is 7.59. The van der Waals surface area contributed by atoms with Crippen LogP contribution in [0.3, 0.4) is 0 Å². The quantitative estimate of drug-likeness (QED) is 0.865. The van der Waals surface area contributed by atoms with Crippen molar-refractivity contribution in [2.75, 3.05) is 6.54 Å². The molecule has 0 aliphatic carbocycles. The number of amides is 1. The summed E-state index contributed by atoms with van der Waals surface area (Å²) >= 11 is 3.23. The maximum absolute atomic E-state index is 12.0. The molecule has 1 aliphatic heterocycles. The van der Waals surface area contributed by atoms with Crippen molar-refractivity contribution in [3.05, 3.63) is 22.4 Å². The number of carboxylic acids is 1. The molecule has 0 bridgehead atoms. The van der Waals surface area contributed by atoms with Gasteiger partial charge in [-0.3, -0.25) is 4.79 Å². The van der Waals surface area contributed by atoms with Gasteiger partial charge in [-0.15, -0.1) is 0 Å². The van der Waals surface area contributed by atoms with Gasteiger partial charge >= 0.3 is 5.97 Å². The third kappa shape index (κ3) is 1.97. The highest BCUT2D eigenvalue weighted by atomic mass is 79.9. The van der Waals surface area contributed by atoms with E-state index in [1.807, 2.05) is 0 Å². The molecule has 16 heavy (non-hydrogen) atoms. The van der Waals surface area contributed by atoms with Crippen LogP contribution in [0.15, 0.2) is 16.7 Å². The Morgan fingerprint density at radius 3 is 2.88 bits per heavy atom. The van der Waals surface area contributed by atoms with Gasteiger partial charge in [-0.05, 0) is 34.8 Å². The molecule has 0 aromatic carbocycles. The van der Waals surface area contributed by atoms with E-state index in [-0.39, 0.29) is 5.91 Å². The molecule has 1 saturated heterocycles. The fourth-order valence-corrected chi connectivity index (χ4v) is 2.26. The number of H-pyrrole nitrogens is 1. The summed E-state index contributed by atoms with van der Waals surface area (Å²) in [5.41, 5.74) is 0.417. The largest absolute Gasteiger partial charge is 0.480 e. The smallest absolute Gasteiger partial charge is 0.326 e. The highest BCUT2D eigenvalue weighted by Crippen LogP contribution is 2.21. The Kier molecular flexibility index (Phi) is 3.00. The predicted octanol–water partition coefficient (Wildman–Crippen LogP) is 1.47. The van der Waals surface area contributed by atoms with E-state index in [1.165, 1.54) is 4.90 Å². The van der Waals surface area contributed by atoms with Gasteiger partial charge in [0.2, 0.25) is 0 Å². The first-order valence-electron chi connectivity index (χ1n) is 4.97. The van der Waals surface area contributed by atoms with Crippen LogP contribution in [0.1, 0.15) is 23.3 Å². The molecular weight excluding hydrogens is 276 g/mol. The summed E-state index contributed by atoms with van der Waals surface area (Å²) in [7, 11) is 0. The van der Waals surface area contributed by atoms with E-state index in [0.29, 0.717) is 18.7 Å². The van der Waals surface area contributed by atoms with Crippen LogP contribution in [-0.4, -0.2) is 39.5 Å². The van der Waals surface area contributed by atoms with Gasteiger partial charge in [-0.2, -0.15) is 0 Å². The second-order valence-electron chi connectivity index (χ2n) is 3.73. The number of aliphatic carboxylic acids is 1. The van der Waals surface area contributed by atoms with E-state index in [9.17, 15) is 9.59 Å². The van der Waals surface area contributed by atoms with E-state index in [4.69, 9.17) is 5.11 Å². The number of carboxylic acid groups (broad SMARTS) is 1. The van der Waals surface area contributed by atoms with Crippen LogP contribution in [0.2, 0.25) is 0 Å². The zero-order valence-corrected chi connectivity index (χ0v) is 10.0. The fourth-order valence-electron chi connectivity index (χ4n) is 1.91. The van der Waals surface area contributed by atoms with Crippen LogP contribution < -0.4 is 0 Å². The molecule has 0 saturated carbocycles. The first-order valence-corrected chi connectivity index (χ1v) is 5.76. The molecule has 2 rings (SSSR count). The molecule has 2 N–H and O–H groups in total. The van der Waals surface area contributed by atoms with Gasteiger partial charge in [-0.1, -0.05) is 0 Å². The Morgan fingerprint density at radius 1 is 1.56 bits per heavy atom. The summed E-state index contributed by atoms with van der Waals surface area (Å²) in [5, 5.41) is 8.97. The SMILES string of the molecule is O=C(O)C1CCCN1C(=O)c1cc(Br)c[nH]1. The minimum Gasteiger partial charge on any atom is -0.480 e. The summed E-state index contributed by atoms with van der Waals surface area (Å²) in [6, 6.07) is 0.967. The van der Waals surface area contributed by atoms with Gasteiger partial charge in [0.15, 0.2) is 0 Å². The number of hydrogen-bond donors (Lipinski definition) is 2. The van der Waals surface area contributed by atoms with Crippen LogP contribution >= 0.6 is 15.9 Å². The minimum atomic E-state index is -0.934. The maximum Gasteiger partial charge on any atom is 0.326 e. The Labute approximate surface area is 101 Å². The van der Waals surface area contributed by atoms with Gasteiger partial charge in [0.05, 0.1) is 0 Å². The summed E-state index contributed by atoms with van der Waals surface area (Å²) in [4.78, 5) is 27.1. The van der Waals surface area contributed by atoms with E-state index in [1.54, 1.807) is 12.3 Å². The number of hydrogen-bond acceptors (Lipinski definition) is 2. The lowest BCUT2D eigenvalue weighted by Crippen LogP contribution is -2.40. The molecule has 0 radical (unpaired) electrons. The average Bonchev–Trinajstić information content (AvgIpc) is 2.84. The van der Waals surface area contributed by atoms with E-state index < -0.39 is 12.0 Å². The summed E-state index contributed by atoms with van der Waals surface area (Å²) in [6.07, 6.45) is 2.92. The number of nitrogens with one attached hydrogen (secondary N) is 1. The minimum absolute atomic E-state index is 0.254. The number of aromatic nitrogens is 1. The summed E-state index contributed by atoms with van der Waals surface area (Å²) in [5.74, 6) is -1.19. The maximum atomic E-state index is 12.0. The molecule has 1 fully saturated rings. The molecule has 1 atom stereocenters. The average molecular weight is 287 g/mol. The lowest BCUT2D eigenvalue weighted by Gasteiger charge is -2.20. The molecule has 0 spiro atoms. The Balaban J connectivity index is 2.18. The zero-order chi connectivity index (χ0) is 11.7. The molecule has 2 heterocycles. The Bertz CT molecular complexity index is 429. The number of carbonyl (C=O) groups is 2. The third-order valence-electron chi connectivity index (χ3n) is 2.68. The van der Waals surface area contributed by atoms with Gasteiger partial charge in [0, 0.05) is 17.2 Å². The van der Waals surface area contributed by atoms with Crippen LogP contribution in [0.5, 0.6) is 0 Å². The van der Waals surface area contributed by atoms with Crippen molar-refractivity contribution in [1.82, 2.24) is 9.88 Å². The second-order valence-corrected chi connectivity index (χ2v) is 4.64. The lowest BCUT2D eigenvalue weighted by molar-refractivity contribution is -0.141. The number of likely N-dealkylation sites (tertiary alicyclic amines) is 1. The molecule has 1 unspecified atom stereocenters. The standard InChI is InChI=1S/C10H11BrN2O3/c11-6-4-7(12-5-6)9(14)13-3-1-2-8(13)10(15)16/h4-5,8,12H,1-3H2,(H,15,16). The van der Waals surface area contributed by atoms with Gasteiger partial charge < -0.3 is 15.0 Å². The summed E-state index contributed by atoms with van der Waals surface area (Å²) < 4.78 is 0.780. The number of halogens is 1. The number of rotatable bonds is 2. The molecule has 5 nitrogen and oxygen atoms in total. The zero-order valence-electron chi connectivity index (χ0n) is 8.44. The van der Waals surface area contributed by atoms with Crippen molar-refractivity contribution in [1.29, 1.82) is 0 Å². The molecule has 1 aliphatic rings. The molecule has 1 aromatic rings. The first kappa shape index (κ1) is 11.2. The normalized spacial score (nSPS) is 20.1. The van der Waals surface area contributed by atoms with Crippen molar-refractivity contribution in [2.45, 2.75) is 18.9 Å². The van der Waals surface area contributed by atoms with E-state index in [0.717, 1.165) is 10.9 Å². The van der Waals surface area contributed by atoms with E-state index in [2.05, 4.69) is 20.9 Å². The van der Waals surface area contributed by atoms with Gasteiger partial charge in [-0.25, -0.2) is 4.79 Å². The van der Waals surface area contributed by atoms with Crippen molar-refractivity contribution >= 4 is 27.8 Å². The van der Waals surface area contributed by atoms with Crippen molar-refractivity contribution in [3.63, 3.8) is 0 Å². The number of aromatic amines is 1. The molecule has 86 valence electrons. The Morgan fingerprint density at radius 2 is 2.31 bits per heavy atom. The van der Waals surface area contributed by atoms with Crippen LogP contribution in [0.4, 0.5) is 0 Å². The monoisotopic (exact) mass is 286 g/mol. The summed E-state index contributed by atoms with van der Waals surface area (Å²) in [6.45, 7) is 0.506. The topological polar surface area (TPSA) is 73.4 Å². The second kappa shape index (κ2) is 4.29. The Hall–Kier alpha value is -1.30. The molecular formula is C10H11BrN2O3. The number of nitrogens with zero attached hydrogens (tertiary/aromatic N) is 1. The number of carbonyl (C=O) groups excluding carboxylic acids is 1. The fraction of sp³-hybridized carbons (Fsp3) is 0.400. The highest BCUT2D eigenvalue weighted by molar-refractivity contribution is 9.10. The lowest BCUT2D eigenvalue weighted by atomic mass is 10.2. The van der Waals surface area contributed by atoms with Crippen molar-refractivity contribution in [2.24, 2.45) is 0 Å². The molecule has 1 amide bonds. The van der Waals surface area contributed by atoms with Gasteiger partial charge in [0.25, 0.3) is 5.91 Å². The van der Waals surface area contributed by atoms with Crippen molar-refractivity contribution in [3.8, 4) is 0 Å². The van der Waals surface area contributed by atoms with Crippen molar-refractivity contribution < 1.29 is 14.7 Å².